The molecule has 1 fully saturated rings. The van der Waals surface area contributed by atoms with E-state index in [0.29, 0.717) is 19.4 Å². The number of carbonyl (C=O) groups is 2. The van der Waals surface area contributed by atoms with E-state index < -0.39 is 0 Å². The van der Waals surface area contributed by atoms with E-state index in [1.54, 1.807) is 0 Å². The van der Waals surface area contributed by atoms with Gasteiger partial charge in [-0.25, -0.2) is 0 Å². The first-order valence-electron chi connectivity index (χ1n) is 8.48. The highest BCUT2D eigenvalue weighted by atomic mass is 79.9. The molecule has 1 N–H and O–H groups in total. The van der Waals surface area contributed by atoms with Crippen molar-refractivity contribution in [3.05, 3.63) is 70.2 Å². The molecule has 0 saturated carbocycles. The van der Waals surface area contributed by atoms with Crippen molar-refractivity contribution < 1.29 is 9.59 Å². The van der Waals surface area contributed by atoms with Crippen LogP contribution in [0.25, 0.3) is 0 Å². The number of nitrogens with one attached hydrogen (secondary N) is 1. The molecule has 0 bridgehead atoms. The average molecular weight is 401 g/mol. The van der Waals surface area contributed by atoms with E-state index in [4.69, 9.17) is 0 Å². The molecule has 2 aromatic rings. The van der Waals surface area contributed by atoms with Crippen LogP contribution in [0, 0.1) is 0 Å². The van der Waals surface area contributed by atoms with Gasteiger partial charge in [0.1, 0.15) is 0 Å². The van der Waals surface area contributed by atoms with Crippen molar-refractivity contribution in [3.8, 4) is 0 Å². The highest BCUT2D eigenvalue weighted by molar-refractivity contribution is 9.10. The van der Waals surface area contributed by atoms with Crippen LogP contribution >= 0.6 is 15.9 Å². The standard InChI is InChI=1S/C20H21BrN2O2/c21-17-10-8-15(9-11-17)13-19(24)22-18(16-5-2-1-3-6-16)14-23-12-4-7-20(23)25/h1-3,5-6,8-11,18H,4,7,12-14H2,(H,22,24). The van der Waals surface area contributed by atoms with Crippen molar-refractivity contribution in [1.29, 1.82) is 0 Å². The number of benzene rings is 2. The topological polar surface area (TPSA) is 49.4 Å². The molecule has 1 heterocycles. The third-order valence-corrected chi connectivity index (χ3v) is 4.92. The van der Waals surface area contributed by atoms with E-state index in [0.717, 1.165) is 28.6 Å². The van der Waals surface area contributed by atoms with Gasteiger partial charge in [0.15, 0.2) is 0 Å². The summed E-state index contributed by atoms with van der Waals surface area (Å²) in [5.74, 6) is 0.130. The summed E-state index contributed by atoms with van der Waals surface area (Å²) >= 11 is 3.40. The molecule has 2 aromatic carbocycles. The summed E-state index contributed by atoms with van der Waals surface area (Å²) in [7, 11) is 0. The van der Waals surface area contributed by atoms with Crippen LogP contribution in [-0.2, 0) is 16.0 Å². The molecule has 0 spiro atoms. The van der Waals surface area contributed by atoms with Crippen LogP contribution in [0.1, 0.15) is 30.0 Å². The lowest BCUT2D eigenvalue weighted by atomic mass is 10.1. The normalized spacial score (nSPS) is 15.2. The van der Waals surface area contributed by atoms with Crippen LogP contribution < -0.4 is 5.32 Å². The van der Waals surface area contributed by atoms with Crippen LogP contribution in [0.15, 0.2) is 59.1 Å². The van der Waals surface area contributed by atoms with Crippen molar-refractivity contribution in [2.24, 2.45) is 0 Å². The van der Waals surface area contributed by atoms with E-state index in [2.05, 4.69) is 21.2 Å². The Morgan fingerprint density at radius 1 is 1.12 bits per heavy atom. The van der Waals surface area contributed by atoms with Crippen LogP contribution in [0.4, 0.5) is 0 Å². The van der Waals surface area contributed by atoms with Crippen molar-refractivity contribution >= 4 is 27.7 Å². The molecule has 0 aliphatic carbocycles. The highest BCUT2D eigenvalue weighted by Gasteiger charge is 2.25. The second-order valence-corrected chi connectivity index (χ2v) is 7.19. The lowest BCUT2D eigenvalue weighted by Gasteiger charge is -2.25. The number of halogens is 1. The first-order chi connectivity index (χ1) is 12.1. The minimum absolute atomic E-state index is 0.0391. The molecule has 1 aliphatic heterocycles. The summed E-state index contributed by atoms with van der Waals surface area (Å²) in [6, 6.07) is 17.4. The maximum atomic E-state index is 12.5. The van der Waals surface area contributed by atoms with Gasteiger partial charge in [0.05, 0.1) is 12.5 Å². The molecule has 2 amide bonds. The Morgan fingerprint density at radius 2 is 1.84 bits per heavy atom. The predicted octanol–water partition coefficient (Wildman–Crippen LogP) is 3.47. The first-order valence-corrected chi connectivity index (χ1v) is 9.27. The zero-order chi connectivity index (χ0) is 17.6. The Morgan fingerprint density at radius 3 is 2.48 bits per heavy atom. The quantitative estimate of drug-likeness (QED) is 0.806. The maximum absolute atomic E-state index is 12.5. The summed E-state index contributed by atoms with van der Waals surface area (Å²) in [6.45, 7) is 1.29. The number of nitrogens with zero attached hydrogens (tertiary/aromatic N) is 1. The van der Waals surface area contributed by atoms with Gasteiger partial charge < -0.3 is 10.2 Å². The number of rotatable bonds is 6. The van der Waals surface area contributed by atoms with Gasteiger partial charge in [-0.15, -0.1) is 0 Å². The van der Waals surface area contributed by atoms with Gasteiger partial charge in [-0.05, 0) is 29.7 Å². The van der Waals surface area contributed by atoms with Crippen LogP contribution in [0.5, 0.6) is 0 Å². The molecule has 0 aromatic heterocycles. The average Bonchev–Trinajstić information content (AvgIpc) is 3.02. The van der Waals surface area contributed by atoms with Crippen molar-refractivity contribution in [3.63, 3.8) is 0 Å². The second-order valence-electron chi connectivity index (χ2n) is 6.28. The molecule has 4 nitrogen and oxygen atoms in total. The number of hydrogen-bond acceptors (Lipinski definition) is 2. The molecule has 1 saturated heterocycles. The largest absolute Gasteiger partial charge is 0.347 e. The number of likely N-dealkylation sites (tertiary alicyclic amines) is 1. The Balaban J connectivity index is 1.69. The van der Waals surface area contributed by atoms with Crippen molar-refractivity contribution in [2.75, 3.05) is 13.1 Å². The number of amides is 2. The summed E-state index contributed by atoms with van der Waals surface area (Å²) < 4.78 is 0.992. The van der Waals surface area contributed by atoms with E-state index in [9.17, 15) is 9.59 Å². The molecule has 0 radical (unpaired) electrons. The van der Waals surface area contributed by atoms with Crippen LogP contribution in [0.3, 0.4) is 0 Å². The Kier molecular flexibility index (Phi) is 5.87. The Hall–Kier alpha value is -2.14. The van der Waals surface area contributed by atoms with Gasteiger partial charge in [-0.1, -0.05) is 58.4 Å². The van der Waals surface area contributed by atoms with E-state index in [1.165, 1.54) is 0 Å². The molecule has 1 atom stereocenters. The molecular formula is C20H21BrN2O2. The summed E-state index contributed by atoms with van der Waals surface area (Å²) in [6.07, 6.45) is 1.83. The fourth-order valence-corrected chi connectivity index (χ4v) is 3.33. The molecule has 5 heteroatoms. The van der Waals surface area contributed by atoms with E-state index in [-0.39, 0.29) is 17.9 Å². The second kappa shape index (κ2) is 8.30. The van der Waals surface area contributed by atoms with Gasteiger partial charge in [-0.3, -0.25) is 9.59 Å². The third-order valence-electron chi connectivity index (χ3n) is 4.39. The Bertz CT molecular complexity index is 731. The van der Waals surface area contributed by atoms with E-state index >= 15 is 0 Å². The smallest absolute Gasteiger partial charge is 0.224 e. The third kappa shape index (κ3) is 4.92. The van der Waals surface area contributed by atoms with Crippen molar-refractivity contribution in [2.45, 2.75) is 25.3 Å². The molecular weight excluding hydrogens is 380 g/mol. The van der Waals surface area contributed by atoms with Crippen molar-refractivity contribution in [1.82, 2.24) is 10.2 Å². The lowest BCUT2D eigenvalue weighted by molar-refractivity contribution is -0.129. The summed E-state index contributed by atoms with van der Waals surface area (Å²) in [5, 5.41) is 3.10. The minimum atomic E-state index is -0.189. The highest BCUT2D eigenvalue weighted by Crippen LogP contribution is 2.19. The molecule has 1 unspecified atom stereocenters. The molecule has 130 valence electrons. The zero-order valence-electron chi connectivity index (χ0n) is 14.0. The minimum Gasteiger partial charge on any atom is -0.347 e. The fraction of sp³-hybridized carbons (Fsp3) is 0.300. The van der Waals surface area contributed by atoms with Crippen LogP contribution in [-0.4, -0.2) is 29.8 Å². The zero-order valence-corrected chi connectivity index (χ0v) is 15.5. The summed E-state index contributed by atoms with van der Waals surface area (Å²) in [5.41, 5.74) is 1.98. The number of carbonyl (C=O) groups excluding carboxylic acids is 2. The van der Waals surface area contributed by atoms with Gasteiger partial charge in [0, 0.05) is 24.0 Å². The fourth-order valence-electron chi connectivity index (χ4n) is 3.07. The van der Waals surface area contributed by atoms with Gasteiger partial charge in [-0.2, -0.15) is 0 Å². The van der Waals surface area contributed by atoms with Gasteiger partial charge in [0.2, 0.25) is 11.8 Å². The monoisotopic (exact) mass is 400 g/mol. The van der Waals surface area contributed by atoms with E-state index in [1.807, 2.05) is 59.5 Å². The first kappa shape index (κ1) is 17.7. The SMILES string of the molecule is O=C(Cc1ccc(Br)cc1)NC(CN1CCCC1=O)c1ccccc1. The molecule has 25 heavy (non-hydrogen) atoms. The van der Waals surface area contributed by atoms with Gasteiger partial charge in [0.25, 0.3) is 0 Å². The lowest BCUT2D eigenvalue weighted by Crippen LogP contribution is -2.39. The summed E-state index contributed by atoms with van der Waals surface area (Å²) in [4.78, 5) is 26.3. The van der Waals surface area contributed by atoms with Gasteiger partial charge >= 0.3 is 0 Å². The molecule has 3 rings (SSSR count). The molecule has 1 aliphatic rings. The maximum Gasteiger partial charge on any atom is 0.224 e. The number of hydrogen-bond donors (Lipinski definition) is 1. The van der Waals surface area contributed by atoms with Crippen LogP contribution in [0.2, 0.25) is 0 Å². The predicted molar refractivity (Wildman–Crippen MR) is 101 cm³/mol. The Labute approximate surface area is 156 Å².